The van der Waals surface area contributed by atoms with Gasteiger partial charge in [0.15, 0.2) is 0 Å². The number of aromatic nitrogens is 2. The van der Waals surface area contributed by atoms with E-state index < -0.39 is 0 Å². The number of aryl methyl sites for hydroxylation is 1. The van der Waals surface area contributed by atoms with Gasteiger partial charge in [0.05, 0.1) is 39.8 Å². The maximum absolute atomic E-state index is 5.83. The fourth-order valence-corrected chi connectivity index (χ4v) is 2.51. The van der Waals surface area contributed by atoms with Crippen LogP contribution in [0.1, 0.15) is 10.6 Å². The molecular formula is C10H11BrN4S. The van der Waals surface area contributed by atoms with E-state index >= 15 is 0 Å². The van der Waals surface area contributed by atoms with Crippen molar-refractivity contribution in [3.8, 4) is 0 Å². The van der Waals surface area contributed by atoms with Crippen LogP contribution in [0, 0.1) is 6.92 Å². The van der Waals surface area contributed by atoms with Crippen LogP contribution in [0.4, 0.5) is 11.4 Å². The molecule has 6 heteroatoms. The first-order valence-electron chi connectivity index (χ1n) is 4.70. The van der Waals surface area contributed by atoms with E-state index in [1.54, 1.807) is 23.7 Å². The van der Waals surface area contributed by atoms with Gasteiger partial charge in [-0.2, -0.15) is 0 Å². The van der Waals surface area contributed by atoms with E-state index in [9.17, 15) is 0 Å². The number of rotatable bonds is 3. The molecule has 0 radical (unpaired) electrons. The van der Waals surface area contributed by atoms with Crippen molar-refractivity contribution < 1.29 is 0 Å². The normalized spacial score (nSPS) is 10.4. The van der Waals surface area contributed by atoms with Crippen molar-refractivity contribution in [3.05, 3.63) is 32.9 Å². The Labute approximate surface area is 106 Å². The van der Waals surface area contributed by atoms with E-state index in [1.165, 1.54) is 4.88 Å². The second-order valence-electron chi connectivity index (χ2n) is 3.30. The summed E-state index contributed by atoms with van der Waals surface area (Å²) in [6.45, 7) is 2.72. The van der Waals surface area contributed by atoms with E-state index in [0.717, 1.165) is 22.4 Å². The zero-order valence-corrected chi connectivity index (χ0v) is 11.1. The summed E-state index contributed by atoms with van der Waals surface area (Å²) >= 11 is 5.05. The predicted octanol–water partition coefficient (Wildman–Crippen LogP) is 2.80. The molecule has 2 aromatic rings. The van der Waals surface area contributed by atoms with E-state index in [0.29, 0.717) is 5.69 Å². The van der Waals surface area contributed by atoms with Crippen molar-refractivity contribution in [2.24, 2.45) is 0 Å². The monoisotopic (exact) mass is 298 g/mol. The molecule has 0 atom stereocenters. The highest BCUT2D eigenvalue weighted by atomic mass is 79.9. The number of thiazole rings is 1. The van der Waals surface area contributed by atoms with Gasteiger partial charge in [0.2, 0.25) is 0 Å². The Morgan fingerprint density at radius 1 is 1.50 bits per heavy atom. The summed E-state index contributed by atoms with van der Waals surface area (Å²) in [5.41, 5.74) is 10.2. The lowest BCUT2D eigenvalue weighted by Gasteiger charge is -2.09. The van der Waals surface area contributed by atoms with Crippen molar-refractivity contribution in [2.45, 2.75) is 13.5 Å². The Bertz CT molecular complexity index is 477. The zero-order valence-electron chi connectivity index (χ0n) is 8.70. The molecule has 4 nitrogen and oxygen atoms in total. The number of nitrogens with one attached hydrogen (secondary N) is 1. The average molecular weight is 299 g/mol. The molecule has 0 amide bonds. The molecule has 0 bridgehead atoms. The van der Waals surface area contributed by atoms with Crippen molar-refractivity contribution in [2.75, 3.05) is 11.1 Å². The Morgan fingerprint density at radius 3 is 2.94 bits per heavy atom. The maximum atomic E-state index is 5.83. The first-order chi connectivity index (χ1) is 7.68. The Balaban J connectivity index is 2.14. The third-order valence-electron chi connectivity index (χ3n) is 2.20. The molecule has 84 valence electrons. The van der Waals surface area contributed by atoms with Crippen LogP contribution >= 0.6 is 27.3 Å². The number of hydrogen-bond donors (Lipinski definition) is 2. The van der Waals surface area contributed by atoms with E-state index in [1.807, 2.05) is 12.4 Å². The zero-order chi connectivity index (χ0) is 11.5. The Morgan fingerprint density at radius 2 is 2.31 bits per heavy atom. The van der Waals surface area contributed by atoms with E-state index in [-0.39, 0.29) is 0 Å². The van der Waals surface area contributed by atoms with Gasteiger partial charge >= 0.3 is 0 Å². The molecule has 0 aliphatic carbocycles. The van der Waals surface area contributed by atoms with Crippen LogP contribution in [0.25, 0.3) is 0 Å². The van der Waals surface area contributed by atoms with Crippen molar-refractivity contribution in [1.29, 1.82) is 0 Å². The van der Waals surface area contributed by atoms with E-state index in [4.69, 9.17) is 5.73 Å². The predicted molar refractivity (Wildman–Crippen MR) is 70.5 cm³/mol. The molecule has 2 rings (SSSR count). The highest BCUT2D eigenvalue weighted by Crippen LogP contribution is 2.28. The molecule has 3 N–H and O–H groups in total. The summed E-state index contributed by atoms with van der Waals surface area (Å²) in [4.78, 5) is 9.39. The number of halogens is 1. The van der Waals surface area contributed by atoms with Crippen LogP contribution in [-0.4, -0.2) is 9.97 Å². The second-order valence-corrected chi connectivity index (χ2v) is 5.09. The third kappa shape index (κ3) is 2.33. The second kappa shape index (κ2) is 4.80. The molecule has 0 aromatic carbocycles. The fourth-order valence-electron chi connectivity index (χ4n) is 1.30. The fraction of sp³-hybridized carbons (Fsp3) is 0.200. The van der Waals surface area contributed by atoms with Gasteiger partial charge in [0, 0.05) is 11.1 Å². The number of nitrogens with two attached hydrogens (primary N) is 1. The number of hydrogen-bond acceptors (Lipinski definition) is 5. The Hall–Kier alpha value is -1.14. The molecule has 0 aliphatic rings. The summed E-state index contributed by atoms with van der Waals surface area (Å²) in [7, 11) is 0. The molecule has 2 aromatic heterocycles. The molecule has 0 saturated carbocycles. The van der Waals surface area contributed by atoms with E-state index in [2.05, 4.69) is 31.2 Å². The van der Waals surface area contributed by atoms with Gasteiger partial charge < -0.3 is 11.1 Å². The van der Waals surface area contributed by atoms with Crippen molar-refractivity contribution in [3.63, 3.8) is 0 Å². The van der Waals surface area contributed by atoms with Crippen molar-refractivity contribution >= 4 is 38.6 Å². The molecular weight excluding hydrogens is 288 g/mol. The summed E-state index contributed by atoms with van der Waals surface area (Å²) in [6.07, 6.45) is 3.35. The summed E-state index contributed by atoms with van der Waals surface area (Å²) < 4.78 is 0.870. The quantitative estimate of drug-likeness (QED) is 0.914. The minimum absolute atomic E-state index is 0.636. The van der Waals surface area contributed by atoms with Gasteiger partial charge in [0.25, 0.3) is 0 Å². The van der Waals surface area contributed by atoms with Crippen LogP contribution in [0.5, 0.6) is 0 Å². The summed E-state index contributed by atoms with van der Waals surface area (Å²) in [6, 6.07) is 0. The molecule has 2 heterocycles. The van der Waals surface area contributed by atoms with Crippen LogP contribution in [0.15, 0.2) is 22.4 Å². The largest absolute Gasteiger partial charge is 0.396 e. The Kier molecular flexibility index (Phi) is 3.40. The average Bonchev–Trinajstić information content (AvgIpc) is 2.64. The van der Waals surface area contributed by atoms with Crippen LogP contribution in [-0.2, 0) is 6.54 Å². The molecule has 0 spiro atoms. The number of nitrogens with zero attached hydrogens (tertiary/aromatic N) is 2. The van der Waals surface area contributed by atoms with Gasteiger partial charge in [-0.1, -0.05) is 0 Å². The molecule has 0 fully saturated rings. The SMILES string of the molecule is Cc1ncsc1CNc1c(N)cncc1Br. The number of nitrogen functional groups attached to an aromatic ring is 1. The lowest BCUT2D eigenvalue weighted by molar-refractivity contribution is 1.12. The smallest absolute Gasteiger partial charge is 0.0798 e. The maximum Gasteiger partial charge on any atom is 0.0798 e. The van der Waals surface area contributed by atoms with Crippen LogP contribution < -0.4 is 11.1 Å². The number of pyridine rings is 1. The topological polar surface area (TPSA) is 63.8 Å². The lowest BCUT2D eigenvalue weighted by atomic mass is 10.3. The first kappa shape index (κ1) is 11.3. The van der Waals surface area contributed by atoms with Gasteiger partial charge in [0.1, 0.15) is 0 Å². The minimum Gasteiger partial charge on any atom is -0.396 e. The highest BCUT2D eigenvalue weighted by Gasteiger charge is 2.06. The minimum atomic E-state index is 0.636. The van der Waals surface area contributed by atoms with Crippen molar-refractivity contribution in [1.82, 2.24) is 9.97 Å². The van der Waals surface area contributed by atoms with Gasteiger partial charge in [-0.05, 0) is 22.9 Å². The molecule has 16 heavy (non-hydrogen) atoms. The molecule has 0 saturated heterocycles. The highest BCUT2D eigenvalue weighted by molar-refractivity contribution is 9.10. The number of anilines is 2. The third-order valence-corrected chi connectivity index (χ3v) is 3.74. The van der Waals surface area contributed by atoms with Crippen LogP contribution in [0.2, 0.25) is 0 Å². The van der Waals surface area contributed by atoms with Gasteiger partial charge in [-0.25, -0.2) is 4.98 Å². The summed E-state index contributed by atoms with van der Waals surface area (Å²) in [5.74, 6) is 0. The first-order valence-corrected chi connectivity index (χ1v) is 6.37. The lowest BCUT2D eigenvalue weighted by Crippen LogP contribution is -2.03. The molecule has 0 unspecified atom stereocenters. The molecule has 0 aliphatic heterocycles. The standard InChI is InChI=1S/C10H11BrN4S/c1-6-9(16-5-15-6)4-14-10-7(11)2-13-3-8(10)12/h2-3,5H,4,12H2,1H3,(H,13,14). The van der Waals surface area contributed by atoms with Gasteiger partial charge in [-0.3, -0.25) is 4.98 Å². The van der Waals surface area contributed by atoms with Crippen LogP contribution in [0.3, 0.4) is 0 Å². The van der Waals surface area contributed by atoms with Gasteiger partial charge in [-0.15, -0.1) is 11.3 Å². The summed E-state index contributed by atoms with van der Waals surface area (Å²) in [5, 5.41) is 3.28.